The van der Waals surface area contributed by atoms with Gasteiger partial charge < -0.3 is 14.7 Å². The van der Waals surface area contributed by atoms with Crippen LogP contribution < -0.4 is 4.90 Å². The number of aryl methyl sites for hydroxylation is 1. The molecule has 2 aromatic carbocycles. The molecule has 2 amide bonds. The van der Waals surface area contributed by atoms with Crippen LogP contribution in [0.3, 0.4) is 0 Å². The quantitative estimate of drug-likeness (QED) is 0.259. The standard InChI is InChI=1S/C32H40N4O2.C5H10.C2H6/c1-2-3-16-34-24-29-15-10-26(9-8-19-33-17-4-5-18-33)22-30(29)36(31(37)25-34)23-27-11-13-28(14-12-27)32(38)35-20-6-7-21-35;1-4-5(2)3;1-2/h2,6-7,10-15,22H,1,3-5,8-9,16-21,23-25H2;4H,1-3H3;1-2H3. The van der Waals surface area contributed by atoms with Crippen molar-refractivity contribution in [3.8, 4) is 0 Å². The van der Waals surface area contributed by atoms with Crippen molar-refractivity contribution in [2.75, 3.05) is 50.7 Å². The van der Waals surface area contributed by atoms with Gasteiger partial charge in [-0.15, -0.1) is 6.58 Å². The van der Waals surface area contributed by atoms with Gasteiger partial charge in [0.15, 0.2) is 0 Å². The molecule has 6 nitrogen and oxygen atoms in total. The Labute approximate surface area is 273 Å². The lowest BCUT2D eigenvalue weighted by Crippen LogP contribution is -2.37. The third-order valence-corrected chi connectivity index (χ3v) is 8.51. The van der Waals surface area contributed by atoms with Gasteiger partial charge in [-0.3, -0.25) is 14.5 Å². The van der Waals surface area contributed by atoms with Crippen LogP contribution in [0.5, 0.6) is 0 Å². The van der Waals surface area contributed by atoms with Crippen LogP contribution in [0.1, 0.15) is 87.4 Å². The molecule has 3 heterocycles. The zero-order chi connectivity index (χ0) is 32.6. The highest BCUT2D eigenvalue weighted by atomic mass is 16.2. The van der Waals surface area contributed by atoms with Crippen molar-refractivity contribution in [1.82, 2.24) is 14.7 Å². The number of carbonyl (C=O) groups excluding carboxylic acids is 2. The van der Waals surface area contributed by atoms with Gasteiger partial charge in [-0.25, -0.2) is 0 Å². The molecule has 5 rings (SSSR count). The van der Waals surface area contributed by atoms with Gasteiger partial charge in [0.05, 0.1) is 13.1 Å². The average molecular weight is 613 g/mol. The first-order valence-corrected chi connectivity index (χ1v) is 17.0. The molecule has 3 aliphatic heterocycles. The summed E-state index contributed by atoms with van der Waals surface area (Å²) in [6.07, 6.45) is 13.7. The van der Waals surface area contributed by atoms with Crippen LogP contribution in [0.15, 0.2) is 78.9 Å². The highest BCUT2D eigenvalue weighted by molar-refractivity contribution is 5.97. The van der Waals surface area contributed by atoms with Gasteiger partial charge in [0, 0.05) is 37.4 Å². The summed E-state index contributed by atoms with van der Waals surface area (Å²) in [5, 5.41) is 0. The molecule has 244 valence electrons. The molecule has 0 aromatic heterocycles. The summed E-state index contributed by atoms with van der Waals surface area (Å²) < 4.78 is 0. The Balaban J connectivity index is 0.000000719. The summed E-state index contributed by atoms with van der Waals surface area (Å²) in [5.74, 6) is 0.166. The van der Waals surface area contributed by atoms with Crippen molar-refractivity contribution >= 4 is 17.5 Å². The molecular formula is C39H56N4O2. The molecule has 1 fully saturated rings. The van der Waals surface area contributed by atoms with Gasteiger partial charge in [0.2, 0.25) is 5.91 Å². The molecule has 0 bridgehead atoms. The Morgan fingerprint density at radius 1 is 0.889 bits per heavy atom. The molecule has 0 atom stereocenters. The highest BCUT2D eigenvalue weighted by Gasteiger charge is 2.27. The van der Waals surface area contributed by atoms with Gasteiger partial charge >= 0.3 is 0 Å². The minimum absolute atomic E-state index is 0.0502. The van der Waals surface area contributed by atoms with Gasteiger partial charge in [-0.2, -0.15) is 0 Å². The SMILES string of the molecule is C=CCCN1CC(=O)N(Cc2ccc(C(=O)N3CC=CC3)cc2)c2cc(CCCN3CCCC3)ccc2C1.CC.CC=C(C)C. The maximum atomic E-state index is 13.6. The first-order valence-electron chi connectivity index (χ1n) is 17.0. The van der Waals surface area contributed by atoms with Crippen LogP contribution in [0, 0.1) is 0 Å². The van der Waals surface area contributed by atoms with E-state index in [9.17, 15) is 9.59 Å². The Morgan fingerprint density at radius 2 is 1.53 bits per heavy atom. The minimum Gasteiger partial charge on any atom is -0.331 e. The smallest absolute Gasteiger partial charge is 0.254 e. The van der Waals surface area contributed by atoms with Crippen LogP contribution in [0.25, 0.3) is 0 Å². The van der Waals surface area contributed by atoms with Crippen molar-refractivity contribution < 1.29 is 9.59 Å². The second kappa shape index (κ2) is 19.1. The lowest BCUT2D eigenvalue weighted by molar-refractivity contribution is -0.119. The molecule has 0 N–H and O–H groups in total. The Kier molecular flexibility index (Phi) is 15.3. The Morgan fingerprint density at radius 3 is 2.16 bits per heavy atom. The van der Waals surface area contributed by atoms with Gasteiger partial charge in [0.25, 0.3) is 5.91 Å². The van der Waals surface area contributed by atoms with Crippen molar-refractivity contribution in [2.45, 2.75) is 79.8 Å². The maximum absolute atomic E-state index is 13.6. The first kappa shape index (κ1) is 36.0. The van der Waals surface area contributed by atoms with E-state index >= 15 is 0 Å². The van der Waals surface area contributed by atoms with E-state index in [0.717, 1.165) is 50.1 Å². The van der Waals surface area contributed by atoms with Crippen molar-refractivity contribution in [3.63, 3.8) is 0 Å². The monoisotopic (exact) mass is 612 g/mol. The molecule has 0 spiro atoms. The molecule has 2 aromatic rings. The predicted octanol–water partition coefficient (Wildman–Crippen LogP) is 7.65. The maximum Gasteiger partial charge on any atom is 0.254 e. The first-order chi connectivity index (χ1) is 21.9. The summed E-state index contributed by atoms with van der Waals surface area (Å²) in [6.45, 7) is 21.5. The van der Waals surface area contributed by atoms with Gasteiger partial charge in [0.1, 0.15) is 0 Å². The van der Waals surface area contributed by atoms with E-state index in [0.29, 0.717) is 31.7 Å². The fraction of sp³-hybridized carbons (Fsp3) is 0.487. The van der Waals surface area contributed by atoms with E-state index < -0.39 is 0 Å². The second-order valence-electron chi connectivity index (χ2n) is 12.1. The number of carbonyl (C=O) groups is 2. The zero-order valence-electron chi connectivity index (χ0n) is 28.6. The minimum atomic E-state index is 0.0502. The highest BCUT2D eigenvalue weighted by Crippen LogP contribution is 2.29. The molecule has 0 radical (unpaired) electrons. The summed E-state index contributed by atoms with van der Waals surface area (Å²) >= 11 is 0. The summed E-state index contributed by atoms with van der Waals surface area (Å²) in [7, 11) is 0. The largest absolute Gasteiger partial charge is 0.331 e. The topological polar surface area (TPSA) is 47.1 Å². The second-order valence-corrected chi connectivity index (χ2v) is 12.1. The van der Waals surface area contributed by atoms with Crippen molar-refractivity contribution in [1.29, 1.82) is 0 Å². The van der Waals surface area contributed by atoms with Crippen LogP contribution in [0.4, 0.5) is 5.69 Å². The number of fused-ring (bicyclic) bond motifs is 1. The fourth-order valence-electron chi connectivity index (χ4n) is 5.74. The number of benzene rings is 2. The van der Waals surface area contributed by atoms with E-state index in [1.54, 1.807) is 0 Å². The summed E-state index contributed by atoms with van der Waals surface area (Å²) in [6, 6.07) is 14.5. The average Bonchev–Trinajstić information content (AvgIpc) is 3.78. The van der Waals surface area contributed by atoms with Crippen LogP contribution >= 0.6 is 0 Å². The lowest BCUT2D eigenvalue weighted by atomic mass is 10.0. The number of amides is 2. The molecule has 3 aliphatic rings. The van der Waals surface area contributed by atoms with Crippen molar-refractivity contribution in [3.05, 3.63) is 101 Å². The number of hydrogen-bond donors (Lipinski definition) is 0. The van der Waals surface area contributed by atoms with Gasteiger partial charge in [-0.05, 0) is 107 Å². The van der Waals surface area contributed by atoms with Crippen LogP contribution in [0.2, 0.25) is 0 Å². The van der Waals surface area contributed by atoms with Crippen molar-refractivity contribution in [2.24, 2.45) is 0 Å². The molecule has 45 heavy (non-hydrogen) atoms. The van der Waals surface area contributed by atoms with Crippen LogP contribution in [-0.4, -0.2) is 72.3 Å². The van der Waals surface area contributed by atoms with E-state index in [-0.39, 0.29) is 11.8 Å². The third kappa shape index (κ3) is 11.1. The number of nitrogens with zero attached hydrogens (tertiary/aromatic N) is 4. The Hall–Kier alpha value is -3.48. The molecule has 0 saturated carbocycles. The number of allylic oxidation sites excluding steroid dienone is 2. The zero-order valence-corrected chi connectivity index (χ0v) is 28.6. The molecule has 0 unspecified atom stereocenters. The number of hydrogen-bond acceptors (Lipinski definition) is 4. The number of likely N-dealkylation sites (tertiary alicyclic amines) is 1. The number of rotatable bonds is 10. The number of anilines is 1. The van der Waals surface area contributed by atoms with Gasteiger partial charge in [-0.1, -0.05) is 68.0 Å². The van der Waals surface area contributed by atoms with E-state index in [1.807, 2.05) is 73.1 Å². The van der Waals surface area contributed by atoms with E-state index in [2.05, 4.69) is 54.5 Å². The summed E-state index contributed by atoms with van der Waals surface area (Å²) in [4.78, 5) is 34.9. The normalized spacial score (nSPS) is 16.2. The summed E-state index contributed by atoms with van der Waals surface area (Å²) in [5.41, 5.74) is 6.61. The Bertz CT molecular complexity index is 1280. The molecular weight excluding hydrogens is 556 g/mol. The third-order valence-electron chi connectivity index (χ3n) is 8.51. The lowest BCUT2D eigenvalue weighted by Gasteiger charge is -2.24. The predicted molar refractivity (Wildman–Crippen MR) is 190 cm³/mol. The van der Waals surface area contributed by atoms with E-state index in [4.69, 9.17) is 0 Å². The molecule has 6 heteroatoms. The molecule has 1 saturated heterocycles. The van der Waals surface area contributed by atoms with E-state index in [1.165, 1.54) is 42.6 Å². The fourth-order valence-corrected chi connectivity index (χ4v) is 5.74. The molecule has 0 aliphatic carbocycles. The van der Waals surface area contributed by atoms with Crippen LogP contribution in [-0.2, 0) is 24.3 Å².